The molecule has 0 unspecified atom stereocenters. The minimum Gasteiger partial charge on any atom is -0.335 e. The molecule has 0 aliphatic heterocycles. The lowest BCUT2D eigenvalue weighted by Gasteiger charge is -2.39. The highest BCUT2D eigenvalue weighted by Gasteiger charge is 2.32. The Balaban J connectivity index is 1.46. The molecule has 4 rings (SSSR count). The minimum absolute atomic E-state index is 0.144. The molecule has 170 valence electrons. The van der Waals surface area contributed by atoms with Gasteiger partial charge in [0.1, 0.15) is 0 Å². The second-order valence-electron chi connectivity index (χ2n) is 10.0. The van der Waals surface area contributed by atoms with Gasteiger partial charge >= 0.3 is 0 Å². The van der Waals surface area contributed by atoms with E-state index in [1.807, 2.05) is 12.1 Å². The van der Waals surface area contributed by atoms with Gasteiger partial charge in [-0.15, -0.1) is 0 Å². The van der Waals surface area contributed by atoms with Crippen molar-refractivity contribution in [2.75, 3.05) is 5.32 Å². The van der Waals surface area contributed by atoms with Crippen molar-refractivity contribution in [1.29, 1.82) is 0 Å². The van der Waals surface area contributed by atoms with Gasteiger partial charge < -0.3 is 16.0 Å². The van der Waals surface area contributed by atoms with E-state index in [-0.39, 0.29) is 29.8 Å². The number of nitrogens with zero attached hydrogens (tertiary/aromatic N) is 1. The number of hydrogen-bond donors (Lipinski definition) is 2. The Labute approximate surface area is 187 Å². The predicted molar refractivity (Wildman–Crippen MR) is 124 cm³/mol. The zero-order valence-corrected chi connectivity index (χ0v) is 18.9. The van der Waals surface area contributed by atoms with Gasteiger partial charge in [0, 0.05) is 36.2 Å². The Hall–Kier alpha value is -1.88. The molecule has 1 aromatic rings. The fourth-order valence-electron chi connectivity index (χ4n) is 5.76. The van der Waals surface area contributed by atoms with Gasteiger partial charge in [0.25, 0.3) is 0 Å². The van der Waals surface area contributed by atoms with Crippen LogP contribution in [0, 0.1) is 11.8 Å². The number of carbonyl (C=O) groups is 2. The molecule has 2 amide bonds. The zero-order valence-electron chi connectivity index (χ0n) is 18.9. The third kappa shape index (κ3) is 5.88. The van der Waals surface area contributed by atoms with Crippen LogP contribution in [0.15, 0.2) is 24.3 Å². The Morgan fingerprint density at radius 3 is 2.23 bits per heavy atom. The molecule has 31 heavy (non-hydrogen) atoms. The first-order chi connectivity index (χ1) is 15.1. The molecule has 1 aromatic carbocycles. The van der Waals surface area contributed by atoms with Crippen LogP contribution in [-0.4, -0.2) is 28.8 Å². The summed E-state index contributed by atoms with van der Waals surface area (Å²) in [5.74, 6) is 0.806. The van der Waals surface area contributed by atoms with Crippen LogP contribution in [0.3, 0.4) is 0 Å². The van der Waals surface area contributed by atoms with Gasteiger partial charge in [-0.1, -0.05) is 44.2 Å². The third-order valence-electron chi connectivity index (χ3n) is 7.69. The van der Waals surface area contributed by atoms with Crippen LogP contribution in [0.25, 0.3) is 0 Å². The van der Waals surface area contributed by atoms with Crippen LogP contribution in [0.5, 0.6) is 0 Å². The van der Waals surface area contributed by atoms with Gasteiger partial charge in [-0.05, 0) is 69.1 Å². The number of nitrogens with two attached hydrogens (primary N) is 1. The number of anilines is 1. The maximum Gasteiger partial charge on any atom is 0.227 e. The molecule has 0 atom stereocenters. The van der Waals surface area contributed by atoms with E-state index in [2.05, 4.69) is 22.3 Å². The van der Waals surface area contributed by atoms with Gasteiger partial charge in [-0.3, -0.25) is 9.59 Å². The summed E-state index contributed by atoms with van der Waals surface area (Å²) in [5, 5.41) is 3.12. The van der Waals surface area contributed by atoms with Gasteiger partial charge in [0.15, 0.2) is 0 Å². The first-order valence-corrected chi connectivity index (χ1v) is 12.6. The van der Waals surface area contributed by atoms with Crippen molar-refractivity contribution in [1.82, 2.24) is 4.90 Å². The standard InChI is InChI=1S/C26H39N3O2/c27-22-13-15-24(16-14-22)29(26(31)21-10-2-1-3-11-21)18-19-7-6-12-23(17-19)28-25(30)20-8-4-5-9-20/h6-7,12,17,20-22,24H,1-5,8-11,13-16,18,27H2,(H,28,30). The average molecular weight is 426 g/mol. The van der Waals surface area contributed by atoms with Crippen molar-refractivity contribution >= 4 is 17.5 Å². The number of benzene rings is 1. The van der Waals surface area contributed by atoms with E-state index in [4.69, 9.17) is 5.73 Å². The maximum atomic E-state index is 13.5. The lowest BCUT2D eigenvalue weighted by molar-refractivity contribution is -0.140. The molecule has 3 aliphatic carbocycles. The van der Waals surface area contributed by atoms with Crippen molar-refractivity contribution in [3.63, 3.8) is 0 Å². The maximum absolute atomic E-state index is 13.5. The molecule has 3 saturated carbocycles. The van der Waals surface area contributed by atoms with Crippen LogP contribution in [0.1, 0.15) is 89.0 Å². The summed E-state index contributed by atoms with van der Waals surface area (Å²) >= 11 is 0. The highest BCUT2D eigenvalue weighted by Crippen LogP contribution is 2.31. The fraction of sp³-hybridized carbons (Fsp3) is 0.692. The van der Waals surface area contributed by atoms with E-state index in [1.165, 1.54) is 19.3 Å². The molecule has 5 nitrogen and oxygen atoms in total. The van der Waals surface area contributed by atoms with E-state index >= 15 is 0 Å². The van der Waals surface area contributed by atoms with Crippen molar-refractivity contribution in [3.05, 3.63) is 29.8 Å². The number of amides is 2. The van der Waals surface area contributed by atoms with Crippen molar-refractivity contribution in [2.45, 2.75) is 102 Å². The number of rotatable bonds is 6. The van der Waals surface area contributed by atoms with Crippen LogP contribution < -0.4 is 11.1 Å². The Bertz CT molecular complexity index is 745. The highest BCUT2D eigenvalue weighted by molar-refractivity contribution is 5.92. The second-order valence-corrected chi connectivity index (χ2v) is 10.0. The first kappa shape index (κ1) is 22.3. The number of carbonyl (C=O) groups excluding carboxylic acids is 2. The van der Waals surface area contributed by atoms with Gasteiger partial charge in [-0.2, -0.15) is 0 Å². The lowest BCUT2D eigenvalue weighted by atomic mass is 9.85. The van der Waals surface area contributed by atoms with Crippen LogP contribution >= 0.6 is 0 Å². The van der Waals surface area contributed by atoms with Crippen LogP contribution in [0.4, 0.5) is 5.69 Å². The largest absolute Gasteiger partial charge is 0.335 e. The van der Waals surface area contributed by atoms with Gasteiger partial charge in [0.2, 0.25) is 11.8 Å². The van der Waals surface area contributed by atoms with Crippen LogP contribution in [0.2, 0.25) is 0 Å². The molecule has 0 radical (unpaired) electrons. The Morgan fingerprint density at radius 2 is 1.52 bits per heavy atom. The Morgan fingerprint density at radius 1 is 0.871 bits per heavy atom. The van der Waals surface area contributed by atoms with Gasteiger partial charge in [0.05, 0.1) is 0 Å². The third-order valence-corrected chi connectivity index (χ3v) is 7.69. The minimum atomic E-state index is 0.144. The molecule has 5 heteroatoms. The monoisotopic (exact) mass is 425 g/mol. The van der Waals surface area contributed by atoms with E-state index in [1.54, 1.807) is 0 Å². The van der Waals surface area contributed by atoms with E-state index in [9.17, 15) is 9.59 Å². The summed E-state index contributed by atoms with van der Waals surface area (Å²) in [6.07, 6.45) is 13.9. The van der Waals surface area contributed by atoms with Crippen LogP contribution in [-0.2, 0) is 16.1 Å². The number of hydrogen-bond acceptors (Lipinski definition) is 3. The molecule has 3 fully saturated rings. The van der Waals surface area contributed by atoms with Crippen molar-refractivity contribution in [3.8, 4) is 0 Å². The number of nitrogens with one attached hydrogen (secondary N) is 1. The summed E-state index contributed by atoms with van der Waals surface area (Å²) in [4.78, 5) is 28.3. The molecule has 0 heterocycles. The summed E-state index contributed by atoms with van der Waals surface area (Å²) in [5.41, 5.74) is 8.10. The molecule has 3 aliphatic rings. The quantitative estimate of drug-likeness (QED) is 0.674. The summed E-state index contributed by atoms with van der Waals surface area (Å²) in [6, 6.07) is 8.66. The molecule has 0 bridgehead atoms. The zero-order chi connectivity index (χ0) is 21.6. The molecular formula is C26H39N3O2. The average Bonchev–Trinajstić information content (AvgIpc) is 3.34. The fourth-order valence-corrected chi connectivity index (χ4v) is 5.76. The molecule has 3 N–H and O–H groups in total. The van der Waals surface area contributed by atoms with Crippen molar-refractivity contribution < 1.29 is 9.59 Å². The lowest BCUT2D eigenvalue weighted by Crippen LogP contribution is -2.46. The SMILES string of the molecule is NC1CCC(N(Cc2cccc(NC(=O)C3CCCC3)c2)C(=O)C2CCCCC2)CC1. The summed E-state index contributed by atoms with van der Waals surface area (Å²) in [7, 11) is 0. The van der Waals surface area contributed by atoms with E-state index in [0.29, 0.717) is 12.5 Å². The topological polar surface area (TPSA) is 75.4 Å². The second kappa shape index (κ2) is 10.6. The normalized spacial score (nSPS) is 25.3. The summed E-state index contributed by atoms with van der Waals surface area (Å²) in [6.45, 7) is 0.627. The first-order valence-electron chi connectivity index (χ1n) is 12.6. The smallest absolute Gasteiger partial charge is 0.227 e. The summed E-state index contributed by atoms with van der Waals surface area (Å²) < 4.78 is 0. The Kier molecular flexibility index (Phi) is 7.65. The molecule has 0 spiro atoms. The highest BCUT2D eigenvalue weighted by atomic mass is 16.2. The van der Waals surface area contributed by atoms with E-state index < -0.39 is 0 Å². The van der Waals surface area contributed by atoms with E-state index in [0.717, 1.165) is 75.5 Å². The van der Waals surface area contributed by atoms with Gasteiger partial charge in [-0.25, -0.2) is 0 Å². The van der Waals surface area contributed by atoms with Crippen molar-refractivity contribution in [2.24, 2.45) is 17.6 Å². The molecular weight excluding hydrogens is 386 g/mol. The molecule has 0 saturated heterocycles. The predicted octanol–water partition coefficient (Wildman–Crippen LogP) is 4.99. The molecule has 0 aromatic heterocycles.